The number of ether oxygens (including phenoxy) is 1. The standard InChI is InChI=1S/C23H26ClFO3S/c1-14-15(2)19(6-4-16(14)5-9-22(26)27)28-13-17-12-23(3,25)11-10-18(17)20-7-8-21(24)29-20/h4,6-8H,5,9-13H2,1-3H3,(H,26,27). The van der Waals surface area contributed by atoms with Gasteiger partial charge >= 0.3 is 5.97 Å². The summed E-state index contributed by atoms with van der Waals surface area (Å²) in [5.41, 5.74) is 3.94. The lowest BCUT2D eigenvalue weighted by atomic mass is 9.82. The van der Waals surface area contributed by atoms with Crippen LogP contribution >= 0.6 is 22.9 Å². The third-order valence-electron chi connectivity index (χ3n) is 5.64. The number of carbonyl (C=O) groups is 1. The summed E-state index contributed by atoms with van der Waals surface area (Å²) in [6, 6.07) is 7.68. The number of aliphatic carboxylic acids is 1. The zero-order valence-electron chi connectivity index (χ0n) is 17.0. The molecule has 3 rings (SSSR count). The first-order valence-electron chi connectivity index (χ1n) is 9.75. The molecule has 6 heteroatoms. The van der Waals surface area contributed by atoms with Gasteiger partial charge in [-0.15, -0.1) is 11.3 Å². The smallest absolute Gasteiger partial charge is 0.303 e. The lowest BCUT2D eigenvalue weighted by Gasteiger charge is -2.30. The number of hydrogen-bond donors (Lipinski definition) is 1. The fourth-order valence-corrected chi connectivity index (χ4v) is 4.96. The van der Waals surface area contributed by atoms with E-state index in [-0.39, 0.29) is 6.42 Å². The van der Waals surface area contributed by atoms with Crippen LogP contribution in [0.4, 0.5) is 4.39 Å². The average Bonchev–Trinajstić information content (AvgIpc) is 3.07. The zero-order chi connectivity index (χ0) is 21.2. The Bertz CT molecular complexity index is 946. The Morgan fingerprint density at radius 3 is 2.69 bits per heavy atom. The summed E-state index contributed by atoms with van der Waals surface area (Å²) in [6.45, 7) is 5.94. The number of allylic oxidation sites excluding steroid dienone is 1. The summed E-state index contributed by atoms with van der Waals surface area (Å²) in [7, 11) is 0. The van der Waals surface area contributed by atoms with Gasteiger partial charge in [0.05, 0.1) is 4.34 Å². The predicted octanol–water partition coefficient (Wildman–Crippen LogP) is 6.78. The van der Waals surface area contributed by atoms with Gasteiger partial charge in [0.2, 0.25) is 0 Å². The Balaban J connectivity index is 1.81. The van der Waals surface area contributed by atoms with Crippen molar-refractivity contribution in [3.05, 3.63) is 55.7 Å². The molecule has 3 nitrogen and oxygen atoms in total. The molecule has 29 heavy (non-hydrogen) atoms. The van der Waals surface area contributed by atoms with Crippen molar-refractivity contribution in [1.82, 2.24) is 0 Å². The van der Waals surface area contributed by atoms with Crippen LogP contribution in [0.15, 0.2) is 29.8 Å². The van der Waals surface area contributed by atoms with Gasteiger partial charge in [0.1, 0.15) is 18.0 Å². The Labute approximate surface area is 180 Å². The molecule has 0 saturated carbocycles. The summed E-state index contributed by atoms with van der Waals surface area (Å²) < 4.78 is 21.6. The van der Waals surface area contributed by atoms with Crippen LogP contribution in [0.2, 0.25) is 4.34 Å². The van der Waals surface area contributed by atoms with Crippen LogP contribution in [-0.2, 0) is 11.2 Å². The van der Waals surface area contributed by atoms with Crippen LogP contribution in [0.5, 0.6) is 5.75 Å². The van der Waals surface area contributed by atoms with Gasteiger partial charge in [-0.05, 0) is 86.1 Å². The Morgan fingerprint density at radius 1 is 1.28 bits per heavy atom. The molecule has 0 saturated heterocycles. The molecule has 156 valence electrons. The van der Waals surface area contributed by atoms with Gasteiger partial charge in [0.15, 0.2) is 0 Å². The normalized spacial score (nSPS) is 19.5. The highest BCUT2D eigenvalue weighted by molar-refractivity contribution is 7.17. The maximum absolute atomic E-state index is 14.7. The lowest BCUT2D eigenvalue weighted by Crippen LogP contribution is -2.25. The van der Waals surface area contributed by atoms with Crippen molar-refractivity contribution in [1.29, 1.82) is 0 Å². The largest absolute Gasteiger partial charge is 0.489 e. The van der Waals surface area contributed by atoms with Crippen LogP contribution in [0.1, 0.15) is 54.2 Å². The number of aryl methyl sites for hydroxylation is 1. The van der Waals surface area contributed by atoms with E-state index in [1.54, 1.807) is 6.92 Å². The van der Waals surface area contributed by atoms with Gasteiger partial charge < -0.3 is 9.84 Å². The van der Waals surface area contributed by atoms with E-state index in [0.29, 0.717) is 32.3 Å². The maximum atomic E-state index is 14.7. The average molecular weight is 437 g/mol. The van der Waals surface area contributed by atoms with Gasteiger partial charge in [-0.1, -0.05) is 17.7 Å². The van der Waals surface area contributed by atoms with Gasteiger partial charge in [0.25, 0.3) is 0 Å². The molecule has 1 aliphatic rings. The van der Waals surface area contributed by atoms with E-state index in [1.807, 2.05) is 38.1 Å². The third kappa shape index (κ3) is 5.40. The minimum absolute atomic E-state index is 0.106. The Morgan fingerprint density at radius 2 is 2.03 bits per heavy atom. The van der Waals surface area contributed by atoms with Gasteiger partial charge in [0, 0.05) is 17.7 Å². The van der Waals surface area contributed by atoms with Crippen molar-refractivity contribution >= 4 is 34.5 Å². The molecular weight excluding hydrogens is 411 g/mol. The van der Waals surface area contributed by atoms with Crippen LogP contribution < -0.4 is 4.74 Å². The molecule has 1 aromatic carbocycles. The van der Waals surface area contributed by atoms with Gasteiger partial charge in [-0.25, -0.2) is 4.39 Å². The van der Waals surface area contributed by atoms with E-state index in [2.05, 4.69) is 0 Å². The second-order valence-corrected chi connectivity index (χ2v) is 9.65. The van der Waals surface area contributed by atoms with Crippen molar-refractivity contribution in [3.8, 4) is 5.75 Å². The molecule has 2 aromatic rings. The Hall–Kier alpha value is -1.85. The fourth-order valence-electron chi connectivity index (χ4n) is 3.80. The molecular formula is C23H26ClFO3S. The first-order valence-corrected chi connectivity index (χ1v) is 10.9. The first kappa shape index (κ1) is 21.8. The van der Waals surface area contributed by atoms with Crippen LogP contribution in [-0.4, -0.2) is 23.4 Å². The summed E-state index contributed by atoms with van der Waals surface area (Å²) in [4.78, 5) is 11.9. The molecule has 0 aliphatic heterocycles. The molecule has 1 N–H and O–H groups in total. The zero-order valence-corrected chi connectivity index (χ0v) is 18.6. The molecule has 1 heterocycles. The number of carboxylic acids is 1. The maximum Gasteiger partial charge on any atom is 0.303 e. The van der Waals surface area contributed by atoms with E-state index in [9.17, 15) is 9.18 Å². The topological polar surface area (TPSA) is 46.5 Å². The van der Waals surface area contributed by atoms with Crippen molar-refractivity contribution in [3.63, 3.8) is 0 Å². The minimum Gasteiger partial charge on any atom is -0.489 e. The number of thiophene rings is 1. The molecule has 0 radical (unpaired) electrons. The number of halogens is 2. The number of alkyl halides is 1. The van der Waals surface area contributed by atoms with Crippen molar-refractivity contribution in [2.24, 2.45) is 0 Å². The second-order valence-electron chi connectivity index (χ2n) is 7.93. The molecule has 0 fully saturated rings. The second kappa shape index (κ2) is 8.88. The predicted molar refractivity (Wildman–Crippen MR) is 117 cm³/mol. The number of carboxylic acid groups (broad SMARTS) is 1. The molecule has 0 spiro atoms. The molecule has 0 amide bonds. The van der Waals surface area contributed by atoms with Crippen LogP contribution in [0.25, 0.3) is 5.57 Å². The van der Waals surface area contributed by atoms with Crippen molar-refractivity contribution < 1.29 is 19.0 Å². The molecule has 1 atom stereocenters. The molecule has 0 bridgehead atoms. The monoisotopic (exact) mass is 436 g/mol. The summed E-state index contributed by atoms with van der Waals surface area (Å²) >= 11 is 7.63. The number of hydrogen-bond acceptors (Lipinski definition) is 3. The van der Waals surface area contributed by atoms with E-state index in [4.69, 9.17) is 21.4 Å². The van der Waals surface area contributed by atoms with E-state index in [0.717, 1.165) is 42.8 Å². The highest BCUT2D eigenvalue weighted by Crippen LogP contribution is 2.42. The fraction of sp³-hybridized carbons (Fsp3) is 0.435. The Kier molecular flexibility index (Phi) is 6.69. The molecule has 1 unspecified atom stereocenters. The quantitative estimate of drug-likeness (QED) is 0.520. The van der Waals surface area contributed by atoms with Crippen molar-refractivity contribution in [2.75, 3.05) is 6.61 Å². The highest BCUT2D eigenvalue weighted by Gasteiger charge is 2.32. The van der Waals surface area contributed by atoms with Gasteiger partial charge in [-0.2, -0.15) is 0 Å². The van der Waals surface area contributed by atoms with Crippen molar-refractivity contribution in [2.45, 2.75) is 58.5 Å². The number of benzene rings is 1. The van der Waals surface area contributed by atoms with E-state index in [1.165, 1.54) is 11.3 Å². The lowest BCUT2D eigenvalue weighted by molar-refractivity contribution is -0.136. The number of rotatable bonds is 7. The first-order chi connectivity index (χ1) is 13.7. The minimum atomic E-state index is -1.23. The molecule has 1 aromatic heterocycles. The summed E-state index contributed by atoms with van der Waals surface area (Å²) in [6.07, 6.45) is 2.13. The van der Waals surface area contributed by atoms with Crippen LogP contribution in [0, 0.1) is 13.8 Å². The molecule has 1 aliphatic carbocycles. The SMILES string of the molecule is Cc1c(CCC(=O)O)ccc(OCC2=C(c3ccc(Cl)s3)CCC(C)(F)C2)c1C. The van der Waals surface area contributed by atoms with E-state index >= 15 is 0 Å². The third-order valence-corrected chi connectivity index (χ3v) is 6.93. The summed E-state index contributed by atoms with van der Waals surface area (Å²) in [5.74, 6) is -0.0501. The summed E-state index contributed by atoms with van der Waals surface area (Å²) in [5, 5.41) is 8.91. The van der Waals surface area contributed by atoms with Gasteiger partial charge in [-0.3, -0.25) is 4.79 Å². The van der Waals surface area contributed by atoms with E-state index < -0.39 is 11.6 Å². The highest BCUT2D eigenvalue weighted by atomic mass is 35.5. The van der Waals surface area contributed by atoms with Crippen LogP contribution in [0.3, 0.4) is 0 Å².